The van der Waals surface area contributed by atoms with Gasteiger partial charge >= 0.3 is 12.1 Å². The van der Waals surface area contributed by atoms with Crippen molar-refractivity contribution in [1.29, 1.82) is 0 Å². The van der Waals surface area contributed by atoms with Crippen molar-refractivity contribution in [2.24, 2.45) is 0 Å². The second-order valence-electron chi connectivity index (χ2n) is 7.94. The SMILES string of the molecule is C[C@H](NC(=O)OCC1c2ccccc2-c2ccccc21)C(=O)N(C)c1ccc(C(=O)O)cc1. The number of amides is 2. The highest BCUT2D eigenvalue weighted by Gasteiger charge is 2.29. The first-order valence-corrected chi connectivity index (χ1v) is 10.6. The molecule has 2 amide bonds. The number of alkyl carbamates (subject to hydrolysis) is 1. The maximum Gasteiger partial charge on any atom is 0.407 e. The maximum absolute atomic E-state index is 12.7. The molecule has 0 saturated heterocycles. The molecule has 0 bridgehead atoms. The van der Waals surface area contributed by atoms with Gasteiger partial charge in [0.15, 0.2) is 0 Å². The van der Waals surface area contributed by atoms with E-state index in [4.69, 9.17) is 9.84 Å². The lowest BCUT2D eigenvalue weighted by Crippen LogP contribution is -2.46. The molecule has 0 radical (unpaired) electrons. The molecule has 0 unspecified atom stereocenters. The first-order chi connectivity index (χ1) is 15.9. The molecule has 0 aromatic heterocycles. The van der Waals surface area contributed by atoms with Crippen molar-refractivity contribution < 1.29 is 24.2 Å². The summed E-state index contributed by atoms with van der Waals surface area (Å²) in [6, 6.07) is 21.2. The molecule has 0 saturated carbocycles. The number of ether oxygens (including phenoxy) is 1. The van der Waals surface area contributed by atoms with Gasteiger partial charge in [0.05, 0.1) is 5.56 Å². The Morgan fingerprint density at radius 3 is 2.03 bits per heavy atom. The molecule has 1 aliphatic rings. The molecule has 1 atom stereocenters. The Balaban J connectivity index is 1.37. The number of anilines is 1. The minimum Gasteiger partial charge on any atom is -0.478 e. The number of nitrogens with zero attached hydrogens (tertiary/aromatic N) is 1. The number of rotatable bonds is 6. The van der Waals surface area contributed by atoms with Gasteiger partial charge in [-0.25, -0.2) is 9.59 Å². The molecular formula is C26H24N2O5. The maximum atomic E-state index is 12.7. The lowest BCUT2D eigenvalue weighted by Gasteiger charge is -2.22. The fraction of sp³-hybridized carbons (Fsp3) is 0.192. The topological polar surface area (TPSA) is 95.9 Å². The third-order valence-corrected chi connectivity index (χ3v) is 5.88. The van der Waals surface area contributed by atoms with Gasteiger partial charge < -0.3 is 20.1 Å². The fourth-order valence-corrected chi connectivity index (χ4v) is 4.12. The fourth-order valence-electron chi connectivity index (χ4n) is 4.12. The number of carboxylic acid groups (broad SMARTS) is 1. The van der Waals surface area contributed by atoms with Gasteiger partial charge in [0.25, 0.3) is 0 Å². The summed E-state index contributed by atoms with van der Waals surface area (Å²) in [5.41, 5.74) is 5.15. The minimum absolute atomic E-state index is 0.0652. The smallest absolute Gasteiger partial charge is 0.407 e. The van der Waals surface area contributed by atoms with Crippen LogP contribution in [0.25, 0.3) is 11.1 Å². The monoisotopic (exact) mass is 444 g/mol. The molecule has 3 aromatic rings. The second kappa shape index (κ2) is 9.16. The Labute approximate surface area is 191 Å². The van der Waals surface area contributed by atoms with Crippen molar-refractivity contribution in [3.8, 4) is 11.1 Å². The Morgan fingerprint density at radius 1 is 0.939 bits per heavy atom. The van der Waals surface area contributed by atoms with Crippen LogP contribution < -0.4 is 10.2 Å². The summed E-state index contributed by atoms with van der Waals surface area (Å²) >= 11 is 0. The Kier molecular flexibility index (Phi) is 6.13. The largest absolute Gasteiger partial charge is 0.478 e. The van der Waals surface area contributed by atoms with Crippen molar-refractivity contribution in [3.63, 3.8) is 0 Å². The van der Waals surface area contributed by atoms with E-state index < -0.39 is 18.1 Å². The van der Waals surface area contributed by atoms with Gasteiger partial charge in [0.1, 0.15) is 12.6 Å². The van der Waals surface area contributed by atoms with Gasteiger partial charge in [-0.1, -0.05) is 48.5 Å². The van der Waals surface area contributed by atoms with Gasteiger partial charge in [-0.15, -0.1) is 0 Å². The Bertz CT molecular complexity index is 1160. The summed E-state index contributed by atoms with van der Waals surface area (Å²) in [6.07, 6.45) is -0.674. The van der Waals surface area contributed by atoms with Crippen LogP contribution in [0.2, 0.25) is 0 Å². The number of carbonyl (C=O) groups is 3. The molecule has 4 rings (SSSR count). The average molecular weight is 444 g/mol. The van der Waals surface area contributed by atoms with Crippen LogP contribution in [-0.2, 0) is 9.53 Å². The summed E-state index contributed by atoms with van der Waals surface area (Å²) in [5, 5.41) is 11.6. The number of hydrogen-bond acceptors (Lipinski definition) is 4. The summed E-state index contributed by atoms with van der Waals surface area (Å²) in [7, 11) is 1.56. The van der Waals surface area contributed by atoms with Crippen molar-refractivity contribution >= 4 is 23.7 Å². The number of aromatic carboxylic acids is 1. The normalized spacial score (nSPS) is 12.9. The molecule has 2 N–H and O–H groups in total. The zero-order valence-electron chi connectivity index (χ0n) is 18.3. The van der Waals surface area contributed by atoms with E-state index >= 15 is 0 Å². The molecule has 33 heavy (non-hydrogen) atoms. The number of nitrogens with one attached hydrogen (secondary N) is 1. The van der Waals surface area contributed by atoms with E-state index in [-0.39, 0.29) is 24.0 Å². The van der Waals surface area contributed by atoms with Gasteiger partial charge in [-0.3, -0.25) is 4.79 Å². The van der Waals surface area contributed by atoms with Crippen LogP contribution in [0, 0.1) is 0 Å². The predicted molar refractivity (Wildman–Crippen MR) is 124 cm³/mol. The van der Waals surface area contributed by atoms with E-state index in [0.29, 0.717) is 5.69 Å². The number of carboxylic acids is 1. The van der Waals surface area contributed by atoms with Crippen molar-refractivity contribution in [3.05, 3.63) is 89.5 Å². The van der Waals surface area contributed by atoms with E-state index in [1.807, 2.05) is 36.4 Å². The first kappa shape index (κ1) is 22.1. The van der Waals surface area contributed by atoms with Crippen LogP contribution in [0.3, 0.4) is 0 Å². The lowest BCUT2D eigenvalue weighted by atomic mass is 9.98. The van der Waals surface area contributed by atoms with Crippen LogP contribution in [0.5, 0.6) is 0 Å². The quantitative estimate of drug-likeness (QED) is 0.592. The summed E-state index contributed by atoms with van der Waals surface area (Å²) < 4.78 is 5.50. The number of benzene rings is 3. The van der Waals surface area contributed by atoms with Crippen LogP contribution in [-0.4, -0.2) is 42.8 Å². The van der Waals surface area contributed by atoms with Gasteiger partial charge in [0.2, 0.25) is 5.91 Å². The van der Waals surface area contributed by atoms with E-state index in [1.165, 1.54) is 17.0 Å². The van der Waals surface area contributed by atoms with Crippen LogP contribution in [0.15, 0.2) is 72.8 Å². The van der Waals surface area contributed by atoms with Gasteiger partial charge in [0, 0.05) is 18.7 Å². The molecule has 0 fully saturated rings. The number of carbonyl (C=O) groups excluding carboxylic acids is 2. The standard InChI is InChI=1S/C26H24N2O5/c1-16(24(29)28(2)18-13-11-17(12-14-18)25(30)31)27-26(32)33-15-23-21-9-5-3-7-19(21)20-8-4-6-10-22(20)23/h3-14,16,23H,15H2,1-2H3,(H,27,32)(H,30,31)/t16-/m0/s1. The minimum atomic E-state index is -1.04. The third kappa shape index (κ3) is 4.43. The van der Waals surface area contributed by atoms with Crippen LogP contribution in [0.4, 0.5) is 10.5 Å². The number of fused-ring (bicyclic) bond motifs is 3. The molecule has 0 heterocycles. The second-order valence-corrected chi connectivity index (χ2v) is 7.94. The molecule has 0 aliphatic heterocycles. The highest BCUT2D eigenvalue weighted by molar-refractivity contribution is 5.98. The van der Waals surface area contributed by atoms with Crippen molar-refractivity contribution in [1.82, 2.24) is 5.32 Å². The predicted octanol–water partition coefficient (Wildman–Crippen LogP) is 4.27. The highest BCUT2D eigenvalue weighted by Crippen LogP contribution is 2.44. The molecule has 0 spiro atoms. The van der Waals surface area contributed by atoms with E-state index in [0.717, 1.165) is 22.3 Å². The van der Waals surface area contributed by atoms with Crippen LogP contribution in [0.1, 0.15) is 34.3 Å². The average Bonchev–Trinajstić information content (AvgIpc) is 3.15. The first-order valence-electron chi connectivity index (χ1n) is 10.6. The molecule has 168 valence electrons. The summed E-state index contributed by atoms with van der Waals surface area (Å²) in [5.74, 6) is -1.46. The summed E-state index contributed by atoms with van der Waals surface area (Å²) in [4.78, 5) is 37.5. The third-order valence-electron chi connectivity index (χ3n) is 5.88. The van der Waals surface area contributed by atoms with Crippen molar-refractivity contribution in [2.75, 3.05) is 18.6 Å². The van der Waals surface area contributed by atoms with Crippen molar-refractivity contribution in [2.45, 2.75) is 18.9 Å². The Hall–Kier alpha value is -4.13. The van der Waals surface area contributed by atoms with E-state index in [1.54, 1.807) is 26.1 Å². The van der Waals surface area contributed by atoms with E-state index in [9.17, 15) is 14.4 Å². The van der Waals surface area contributed by atoms with Gasteiger partial charge in [-0.05, 0) is 53.4 Å². The van der Waals surface area contributed by atoms with E-state index in [2.05, 4.69) is 17.4 Å². The zero-order valence-corrected chi connectivity index (χ0v) is 18.3. The highest BCUT2D eigenvalue weighted by atomic mass is 16.5. The molecular weight excluding hydrogens is 420 g/mol. The Morgan fingerprint density at radius 2 is 1.48 bits per heavy atom. The van der Waals surface area contributed by atoms with Gasteiger partial charge in [-0.2, -0.15) is 0 Å². The molecule has 7 heteroatoms. The molecule has 1 aliphatic carbocycles. The molecule has 3 aromatic carbocycles. The number of hydrogen-bond donors (Lipinski definition) is 2. The summed E-state index contributed by atoms with van der Waals surface area (Å²) in [6.45, 7) is 1.74. The lowest BCUT2D eigenvalue weighted by molar-refractivity contribution is -0.119. The molecule has 7 nitrogen and oxygen atoms in total. The van der Waals surface area contributed by atoms with Crippen LogP contribution >= 0.6 is 0 Å². The zero-order chi connectivity index (χ0) is 23.5. The number of likely N-dealkylation sites (N-methyl/N-ethyl adjacent to an activating group) is 1.